The number of aromatic nitrogens is 2. The summed E-state index contributed by atoms with van der Waals surface area (Å²) in [7, 11) is 0. The second-order valence-corrected chi connectivity index (χ2v) is 10.2. The fraction of sp³-hybridized carbons (Fsp3) is 0.739. The van der Waals surface area contributed by atoms with Crippen LogP contribution in [0.3, 0.4) is 0 Å². The molecule has 5 atom stereocenters. The van der Waals surface area contributed by atoms with Crippen molar-refractivity contribution in [1.29, 1.82) is 0 Å². The van der Waals surface area contributed by atoms with Crippen molar-refractivity contribution < 1.29 is 14.3 Å². The maximum absolute atomic E-state index is 12.6. The molecule has 7 heteroatoms. The lowest BCUT2D eigenvalue weighted by atomic mass is 9.59. The van der Waals surface area contributed by atoms with Gasteiger partial charge in [-0.3, -0.25) is 9.59 Å². The monoisotopic (exact) mass is 414 g/mol. The lowest BCUT2D eigenvalue weighted by Gasteiger charge is -2.53. The number of amides is 2. The Balaban J connectivity index is 1.43. The predicted octanol–water partition coefficient (Wildman–Crippen LogP) is 2.58. The van der Waals surface area contributed by atoms with E-state index in [9.17, 15) is 9.59 Å². The highest BCUT2D eigenvalue weighted by Gasteiger charge is 2.68. The van der Waals surface area contributed by atoms with Crippen molar-refractivity contribution in [3.63, 3.8) is 0 Å². The normalized spacial score (nSPS) is 33.9. The van der Waals surface area contributed by atoms with Crippen LogP contribution in [0.2, 0.25) is 0 Å². The SMILES string of the molecule is CC(C)C(=O)N[C@H]1C(C)(C)[C@@H]2C[C@@H]3[C@@H](CCNC(=O)c4cccnn4)OCCC31C2. The van der Waals surface area contributed by atoms with Gasteiger partial charge in [-0.15, -0.1) is 5.10 Å². The van der Waals surface area contributed by atoms with E-state index in [1.54, 1.807) is 18.3 Å². The average Bonchev–Trinajstić information content (AvgIpc) is 3.21. The Hall–Kier alpha value is -2.02. The summed E-state index contributed by atoms with van der Waals surface area (Å²) in [6, 6.07) is 3.55. The van der Waals surface area contributed by atoms with E-state index in [0.29, 0.717) is 24.1 Å². The third-order valence-corrected chi connectivity index (χ3v) is 7.95. The van der Waals surface area contributed by atoms with Gasteiger partial charge in [0.05, 0.1) is 6.10 Å². The summed E-state index contributed by atoms with van der Waals surface area (Å²) in [5.74, 6) is 0.952. The van der Waals surface area contributed by atoms with Gasteiger partial charge in [0.2, 0.25) is 5.91 Å². The van der Waals surface area contributed by atoms with E-state index >= 15 is 0 Å². The smallest absolute Gasteiger partial charge is 0.271 e. The van der Waals surface area contributed by atoms with Gasteiger partial charge >= 0.3 is 0 Å². The number of nitrogens with one attached hydrogen (secondary N) is 2. The zero-order valence-electron chi connectivity index (χ0n) is 18.5. The number of hydrogen-bond acceptors (Lipinski definition) is 5. The molecule has 1 aromatic heterocycles. The Morgan fingerprint density at radius 1 is 1.33 bits per heavy atom. The molecule has 2 saturated carbocycles. The lowest BCUT2D eigenvalue weighted by Crippen LogP contribution is -2.60. The number of ether oxygens (including phenoxy) is 1. The van der Waals surface area contributed by atoms with Gasteiger partial charge in [0.1, 0.15) is 0 Å². The second kappa shape index (κ2) is 7.91. The van der Waals surface area contributed by atoms with Crippen molar-refractivity contribution in [2.24, 2.45) is 28.6 Å². The fourth-order valence-corrected chi connectivity index (χ4v) is 6.34. The molecule has 3 aliphatic rings. The van der Waals surface area contributed by atoms with E-state index in [1.807, 2.05) is 13.8 Å². The molecular formula is C23H34N4O3. The van der Waals surface area contributed by atoms with Crippen LogP contribution in [0.15, 0.2) is 18.3 Å². The molecule has 2 N–H and O–H groups in total. The van der Waals surface area contributed by atoms with E-state index in [4.69, 9.17) is 4.74 Å². The first-order valence-electron chi connectivity index (χ1n) is 11.2. The maximum atomic E-state index is 12.6. The van der Waals surface area contributed by atoms with E-state index < -0.39 is 0 Å². The molecule has 1 aromatic rings. The van der Waals surface area contributed by atoms with Gasteiger partial charge in [0, 0.05) is 31.3 Å². The summed E-state index contributed by atoms with van der Waals surface area (Å²) < 4.78 is 6.20. The van der Waals surface area contributed by atoms with Crippen molar-refractivity contribution >= 4 is 11.8 Å². The Morgan fingerprint density at radius 3 is 2.83 bits per heavy atom. The third kappa shape index (κ3) is 3.51. The maximum Gasteiger partial charge on any atom is 0.271 e. The molecule has 2 heterocycles. The summed E-state index contributed by atoms with van der Waals surface area (Å²) in [6.45, 7) is 9.81. The molecule has 0 aromatic carbocycles. The molecular weight excluding hydrogens is 380 g/mol. The van der Waals surface area contributed by atoms with E-state index in [2.05, 4.69) is 34.7 Å². The van der Waals surface area contributed by atoms with Gasteiger partial charge in [0.15, 0.2) is 5.69 Å². The molecule has 0 radical (unpaired) electrons. The molecule has 1 aliphatic heterocycles. The number of nitrogens with zero attached hydrogens (tertiary/aromatic N) is 2. The van der Waals surface area contributed by atoms with Crippen LogP contribution in [-0.4, -0.2) is 47.3 Å². The molecule has 2 amide bonds. The van der Waals surface area contributed by atoms with Gasteiger partial charge in [-0.1, -0.05) is 27.7 Å². The summed E-state index contributed by atoms with van der Waals surface area (Å²) in [5, 5.41) is 14.0. The Morgan fingerprint density at radius 2 is 2.13 bits per heavy atom. The van der Waals surface area contributed by atoms with Crippen molar-refractivity contribution in [1.82, 2.24) is 20.8 Å². The minimum Gasteiger partial charge on any atom is -0.378 e. The highest BCUT2D eigenvalue weighted by atomic mass is 16.5. The number of rotatable bonds is 6. The van der Waals surface area contributed by atoms with Gasteiger partial charge < -0.3 is 15.4 Å². The van der Waals surface area contributed by atoms with Crippen LogP contribution in [0.25, 0.3) is 0 Å². The highest BCUT2D eigenvalue weighted by Crippen LogP contribution is 2.68. The van der Waals surface area contributed by atoms with Crippen LogP contribution in [0, 0.1) is 28.6 Å². The average molecular weight is 415 g/mol. The topological polar surface area (TPSA) is 93.2 Å². The summed E-state index contributed by atoms with van der Waals surface area (Å²) >= 11 is 0. The van der Waals surface area contributed by atoms with Crippen molar-refractivity contribution in [3.8, 4) is 0 Å². The van der Waals surface area contributed by atoms with Gasteiger partial charge in [-0.05, 0) is 60.5 Å². The van der Waals surface area contributed by atoms with Crippen LogP contribution in [0.1, 0.15) is 63.9 Å². The summed E-state index contributed by atoms with van der Waals surface area (Å²) in [5.41, 5.74) is 0.538. The molecule has 2 bridgehead atoms. The van der Waals surface area contributed by atoms with Gasteiger partial charge in [-0.2, -0.15) is 5.10 Å². The highest BCUT2D eigenvalue weighted by molar-refractivity contribution is 5.91. The minimum absolute atomic E-state index is 0.0123. The quantitative estimate of drug-likeness (QED) is 0.746. The third-order valence-electron chi connectivity index (χ3n) is 7.95. The van der Waals surface area contributed by atoms with Gasteiger partial charge in [0.25, 0.3) is 5.91 Å². The zero-order valence-corrected chi connectivity index (χ0v) is 18.5. The van der Waals surface area contributed by atoms with Crippen molar-refractivity contribution in [2.45, 2.75) is 65.5 Å². The number of fused-ring (bicyclic) bond motifs is 1. The molecule has 3 fully saturated rings. The molecule has 2 aliphatic carbocycles. The second-order valence-electron chi connectivity index (χ2n) is 10.2. The van der Waals surface area contributed by atoms with Crippen LogP contribution >= 0.6 is 0 Å². The van der Waals surface area contributed by atoms with E-state index in [1.165, 1.54) is 6.42 Å². The largest absolute Gasteiger partial charge is 0.378 e. The molecule has 164 valence electrons. The van der Waals surface area contributed by atoms with Crippen LogP contribution < -0.4 is 10.6 Å². The first kappa shape index (κ1) is 21.2. The molecule has 4 rings (SSSR count). The van der Waals surface area contributed by atoms with E-state index in [0.717, 1.165) is 25.9 Å². The Bertz CT molecular complexity index is 797. The minimum atomic E-state index is -0.204. The molecule has 7 nitrogen and oxygen atoms in total. The molecule has 30 heavy (non-hydrogen) atoms. The summed E-state index contributed by atoms with van der Waals surface area (Å²) in [6.07, 6.45) is 5.75. The first-order chi connectivity index (χ1) is 14.3. The molecule has 1 saturated heterocycles. The first-order valence-corrected chi connectivity index (χ1v) is 11.2. The van der Waals surface area contributed by atoms with E-state index in [-0.39, 0.29) is 40.7 Å². The van der Waals surface area contributed by atoms with Crippen molar-refractivity contribution in [3.05, 3.63) is 24.0 Å². The summed E-state index contributed by atoms with van der Waals surface area (Å²) in [4.78, 5) is 24.9. The van der Waals surface area contributed by atoms with Crippen LogP contribution in [-0.2, 0) is 9.53 Å². The van der Waals surface area contributed by atoms with Crippen LogP contribution in [0.4, 0.5) is 0 Å². The lowest BCUT2D eigenvalue weighted by molar-refractivity contribution is -0.138. The molecule has 1 unspecified atom stereocenters. The van der Waals surface area contributed by atoms with Gasteiger partial charge in [-0.25, -0.2) is 0 Å². The number of carbonyl (C=O) groups is 2. The molecule has 1 spiro atoms. The fourth-order valence-electron chi connectivity index (χ4n) is 6.34. The van der Waals surface area contributed by atoms with Crippen molar-refractivity contribution in [2.75, 3.05) is 13.2 Å². The number of carbonyl (C=O) groups excluding carboxylic acids is 2. The Kier molecular flexibility index (Phi) is 5.60. The zero-order chi connectivity index (χ0) is 21.5. The van der Waals surface area contributed by atoms with Crippen LogP contribution in [0.5, 0.6) is 0 Å². The number of hydrogen-bond donors (Lipinski definition) is 2. The Labute approximate surface area is 178 Å². The standard InChI is InChI=1S/C23H34N4O3/c1-14(2)19(28)26-21-22(3,4)15-12-16-18(30-11-8-23(16,21)13-15)7-10-24-20(29)17-6-5-9-25-27-17/h5-6,9,14-16,18,21H,7-8,10-13H2,1-4H3,(H,24,29)(H,26,28)/t15-,16-,18-,21+,23?/m1/s1. The predicted molar refractivity (Wildman–Crippen MR) is 113 cm³/mol.